The molecule has 0 saturated heterocycles. The van der Waals surface area contributed by atoms with Crippen LogP contribution in [0.15, 0.2) is 18.3 Å². The van der Waals surface area contributed by atoms with Crippen LogP contribution in [0.1, 0.15) is 45.2 Å². The van der Waals surface area contributed by atoms with Gasteiger partial charge in [-0.15, -0.1) is 0 Å². The first-order valence-electron chi connectivity index (χ1n) is 6.65. The SMILES string of the molecule is CCCCCOc1ccnc(CNCCC)c1. The minimum atomic E-state index is 0.805. The number of rotatable bonds is 9. The van der Waals surface area contributed by atoms with Crippen molar-refractivity contribution in [1.29, 1.82) is 0 Å². The number of nitrogens with one attached hydrogen (secondary N) is 1. The molecule has 0 spiro atoms. The molecular weight excluding hydrogens is 212 g/mol. The molecule has 3 heteroatoms. The van der Waals surface area contributed by atoms with Crippen molar-refractivity contribution in [3.8, 4) is 5.75 Å². The predicted molar refractivity (Wildman–Crippen MR) is 71.3 cm³/mol. The highest BCUT2D eigenvalue weighted by Crippen LogP contribution is 2.11. The van der Waals surface area contributed by atoms with Crippen molar-refractivity contribution in [2.24, 2.45) is 0 Å². The summed E-state index contributed by atoms with van der Waals surface area (Å²) in [5.74, 6) is 0.935. The van der Waals surface area contributed by atoms with Gasteiger partial charge in [0.2, 0.25) is 0 Å². The van der Waals surface area contributed by atoms with Crippen molar-refractivity contribution in [3.05, 3.63) is 24.0 Å². The molecule has 1 aromatic rings. The van der Waals surface area contributed by atoms with Crippen LogP contribution in [0, 0.1) is 0 Å². The van der Waals surface area contributed by atoms with E-state index < -0.39 is 0 Å². The molecule has 0 aromatic carbocycles. The zero-order valence-corrected chi connectivity index (χ0v) is 11.0. The van der Waals surface area contributed by atoms with Gasteiger partial charge in [0.1, 0.15) is 5.75 Å². The Morgan fingerprint density at radius 2 is 2.12 bits per heavy atom. The third-order valence-corrected chi connectivity index (χ3v) is 2.54. The molecule has 0 unspecified atom stereocenters. The summed E-state index contributed by atoms with van der Waals surface area (Å²) in [5, 5.41) is 3.34. The zero-order chi connectivity index (χ0) is 12.3. The maximum absolute atomic E-state index is 5.69. The van der Waals surface area contributed by atoms with Crippen LogP contribution in [-0.4, -0.2) is 18.1 Å². The van der Waals surface area contributed by atoms with Gasteiger partial charge in [0.15, 0.2) is 0 Å². The number of hydrogen-bond donors (Lipinski definition) is 1. The van der Waals surface area contributed by atoms with Crippen LogP contribution in [0.25, 0.3) is 0 Å². The average Bonchev–Trinajstić information content (AvgIpc) is 2.36. The third kappa shape index (κ3) is 6.27. The van der Waals surface area contributed by atoms with E-state index in [1.165, 1.54) is 12.8 Å². The zero-order valence-electron chi connectivity index (χ0n) is 11.0. The topological polar surface area (TPSA) is 34.1 Å². The van der Waals surface area contributed by atoms with E-state index in [-0.39, 0.29) is 0 Å². The first-order chi connectivity index (χ1) is 8.36. The van der Waals surface area contributed by atoms with E-state index >= 15 is 0 Å². The highest BCUT2D eigenvalue weighted by molar-refractivity contribution is 5.22. The lowest BCUT2D eigenvalue weighted by Gasteiger charge is -2.07. The highest BCUT2D eigenvalue weighted by Gasteiger charge is 1.98. The summed E-state index contributed by atoms with van der Waals surface area (Å²) >= 11 is 0. The Bertz CT molecular complexity index is 302. The first kappa shape index (κ1) is 14.0. The monoisotopic (exact) mass is 236 g/mol. The maximum Gasteiger partial charge on any atom is 0.122 e. The number of ether oxygens (including phenoxy) is 1. The fourth-order valence-electron chi connectivity index (χ4n) is 1.58. The van der Waals surface area contributed by atoms with E-state index in [1.807, 2.05) is 18.3 Å². The lowest BCUT2D eigenvalue weighted by molar-refractivity contribution is 0.305. The van der Waals surface area contributed by atoms with Crippen molar-refractivity contribution in [2.45, 2.75) is 46.1 Å². The van der Waals surface area contributed by atoms with Crippen molar-refractivity contribution in [3.63, 3.8) is 0 Å². The van der Waals surface area contributed by atoms with Gasteiger partial charge >= 0.3 is 0 Å². The summed E-state index contributed by atoms with van der Waals surface area (Å²) in [6.45, 7) is 7.01. The maximum atomic E-state index is 5.69. The molecule has 0 saturated carbocycles. The quantitative estimate of drug-likeness (QED) is 0.669. The van der Waals surface area contributed by atoms with Gasteiger partial charge < -0.3 is 10.1 Å². The summed E-state index contributed by atoms with van der Waals surface area (Å²) in [7, 11) is 0. The number of pyridine rings is 1. The molecule has 1 heterocycles. The Hall–Kier alpha value is -1.09. The Balaban J connectivity index is 2.31. The van der Waals surface area contributed by atoms with Crippen molar-refractivity contribution >= 4 is 0 Å². The van der Waals surface area contributed by atoms with Crippen LogP contribution in [-0.2, 0) is 6.54 Å². The molecule has 0 amide bonds. The number of hydrogen-bond acceptors (Lipinski definition) is 3. The van der Waals surface area contributed by atoms with Crippen molar-refractivity contribution < 1.29 is 4.74 Å². The van der Waals surface area contributed by atoms with E-state index in [0.717, 1.165) is 44.0 Å². The van der Waals surface area contributed by atoms with E-state index in [2.05, 4.69) is 24.1 Å². The van der Waals surface area contributed by atoms with Gasteiger partial charge in [0.05, 0.1) is 12.3 Å². The average molecular weight is 236 g/mol. The minimum Gasteiger partial charge on any atom is -0.493 e. The standard InChI is InChI=1S/C14H24N2O/c1-3-5-6-10-17-14-7-9-16-13(11-14)12-15-8-4-2/h7,9,11,15H,3-6,8,10,12H2,1-2H3. The molecular formula is C14H24N2O. The van der Waals surface area contributed by atoms with E-state index in [4.69, 9.17) is 4.74 Å². The lowest BCUT2D eigenvalue weighted by Crippen LogP contribution is -2.14. The van der Waals surface area contributed by atoms with Crippen molar-refractivity contribution in [2.75, 3.05) is 13.2 Å². The van der Waals surface area contributed by atoms with Crippen LogP contribution in [0.2, 0.25) is 0 Å². The first-order valence-corrected chi connectivity index (χ1v) is 6.65. The summed E-state index contributed by atoms with van der Waals surface area (Å²) < 4.78 is 5.69. The predicted octanol–water partition coefficient (Wildman–Crippen LogP) is 3.15. The summed E-state index contributed by atoms with van der Waals surface area (Å²) in [4.78, 5) is 4.31. The molecule has 0 aliphatic rings. The Labute approximate surface area is 105 Å². The van der Waals surface area contributed by atoms with Gasteiger partial charge in [-0.1, -0.05) is 26.7 Å². The number of aromatic nitrogens is 1. The van der Waals surface area contributed by atoms with Crippen molar-refractivity contribution in [1.82, 2.24) is 10.3 Å². The Kier molecular flexibility index (Phi) is 7.39. The molecule has 0 bridgehead atoms. The van der Waals surface area contributed by atoms with Gasteiger partial charge in [-0.3, -0.25) is 4.98 Å². The Morgan fingerprint density at radius 1 is 1.24 bits per heavy atom. The van der Waals surface area contributed by atoms with E-state index in [9.17, 15) is 0 Å². The molecule has 0 fully saturated rings. The second kappa shape index (κ2) is 8.99. The molecule has 1 aromatic heterocycles. The van der Waals surface area contributed by atoms with Crippen LogP contribution in [0.5, 0.6) is 5.75 Å². The summed E-state index contributed by atoms with van der Waals surface area (Å²) in [5.41, 5.74) is 1.05. The van der Waals surface area contributed by atoms with Gasteiger partial charge in [-0.25, -0.2) is 0 Å². The highest BCUT2D eigenvalue weighted by atomic mass is 16.5. The lowest BCUT2D eigenvalue weighted by atomic mass is 10.3. The molecule has 0 aliphatic carbocycles. The molecule has 1 N–H and O–H groups in total. The number of unbranched alkanes of at least 4 members (excludes halogenated alkanes) is 2. The van der Waals surface area contributed by atoms with Gasteiger partial charge in [-0.05, 0) is 25.5 Å². The number of nitrogens with zero attached hydrogens (tertiary/aromatic N) is 1. The van der Waals surface area contributed by atoms with E-state index in [0.29, 0.717) is 0 Å². The fourth-order valence-corrected chi connectivity index (χ4v) is 1.58. The molecule has 1 rings (SSSR count). The smallest absolute Gasteiger partial charge is 0.122 e. The molecule has 0 radical (unpaired) electrons. The molecule has 3 nitrogen and oxygen atoms in total. The second-order valence-corrected chi connectivity index (χ2v) is 4.22. The summed E-state index contributed by atoms with van der Waals surface area (Å²) in [6, 6.07) is 3.95. The molecule has 0 atom stereocenters. The van der Waals surface area contributed by atoms with Crippen LogP contribution < -0.4 is 10.1 Å². The third-order valence-electron chi connectivity index (χ3n) is 2.54. The van der Waals surface area contributed by atoms with Gasteiger partial charge in [-0.2, -0.15) is 0 Å². The minimum absolute atomic E-state index is 0.805. The molecule has 0 aliphatic heterocycles. The van der Waals surface area contributed by atoms with E-state index in [1.54, 1.807) is 0 Å². The normalized spacial score (nSPS) is 10.5. The van der Waals surface area contributed by atoms with Gasteiger partial charge in [0, 0.05) is 18.8 Å². The summed E-state index contributed by atoms with van der Waals surface area (Å²) in [6.07, 6.45) is 6.55. The molecule has 96 valence electrons. The second-order valence-electron chi connectivity index (χ2n) is 4.22. The van der Waals surface area contributed by atoms with Gasteiger partial charge in [0.25, 0.3) is 0 Å². The van der Waals surface area contributed by atoms with Crippen LogP contribution >= 0.6 is 0 Å². The Morgan fingerprint density at radius 3 is 2.88 bits per heavy atom. The molecule has 17 heavy (non-hydrogen) atoms. The fraction of sp³-hybridized carbons (Fsp3) is 0.643. The van der Waals surface area contributed by atoms with Crippen LogP contribution in [0.4, 0.5) is 0 Å². The largest absolute Gasteiger partial charge is 0.493 e. The van der Waals surface area contributed by atoms with Crippen LogP contribution in [0.3, 0.4) is 0 Å².